The van der Waals surface area contributed by atoms with Crippen LogP contribution < -0.4 is 15.2 Å². The molecule has 4 N–H and O–H groups in total. The molecule has 0 saturated carbocycles. The van der Waals surface area contributed by atoms with Crippen LogP contribution in [0.15, 0.2) is 47.5 Å². The Morgan fingerprint density at radius 1 is 1.22 bits per heavy atom. The quantitative estimate of drug-likeness (QED) is 0.577. The van der Waals surface area contributed by atoms with Gasteiger partial charge < -0.3 is 15.2 Å². The second-order valence-corrected chi connectivity index (χ2v) is 7.18. The van der Waals surface area contributed by atoms with Gasteiger partial charge in [0, 0.05) is 24.2 Å². The Morgan fingerprint density at radius 3 is 2.52 bits per heavy atom. The maximum absolute atomic E-state index is 11.5. The summed E-state index contributed by atoms with van der Waals surface area (Å²) >= 11 is 0. The van der Waals surface area contributed by atoms with E-state index >= 15 is 0 Å². The smallest absolute Gasteiger partial charge is 0.339 e. The van der Waals surface area contributed by atoms with E-state index in [0.717, 1.165) is 5.56 Å². The molecule has 0 amide bonds. The van der Waals surface area contributed by atoms with E-state index in [1.165, 1.54) is 25.4 Å². The molecule has 0 unspecified atom stereocenters. The maximum Gasteiger partial charge on any atom is 0.339 e. The zero-order chi connectivity index (χ0) is 19.6. The molecule has 0 bridgehead atoms. The number of hydrogen-bond donors (Lipinski definition) is 3. The lowest BCUT2D eigenvalue weighted by molar-refractivity contribution is 0.0697. The Bertz CT molecular complexity index is 1110. The number of nitrogens with one attached hydrogen (secondary N) is 1. The normalized spacial score (nSPS) is 11.3. The van der Waals surface area contributed by atoms with E-state index in [1.807, 2.05) is 0 Å². The molecule has 0 aliphatic carbocycles. The number of hydrogen-bond acceptors (Lipinski definition) is 7. The summed E-state index contributed by atoms with van der Waals surface area (Å²) in [6.07, 6.45) is 1.23. The molecule has 10 heteroatoms. The van der Waals surface area contributed by atoms with Gasteiger partial charge in [0.1, 0.15) is 5.56 Å². The van der Waals surface area contributed by atoms with E-state index in [9.17, 15) is 18.3 Å². The van der Waals surface area contributed by atoms with Gasteiger partial charge in [0.15, 0.2) is 5.65 Å². The molecule has 0 spiro atoms. The minimum atomic E-state index is -3.77. The number of nitrogens with two attached hydrogens (primary N) is 1. The first-order valence-electron chi connectivity index (χ1n) is 7.72. The highest BCUT2D eigenvalue weighted by atomic mass is 32.2. The summed E-state index contributed by atoms with van der Waals surface area (Å²) in [6.45, 7) is 0.260. The van der Waals surface area contributed by atoms with Crippen molar-refractivity contribution in [2.45, 2.75) is 11.4 Å². The van der Waals surface area contributed by atoms with E-state index in [4.69, 9.17) is 9.88 Å². The van der Waals surface area contributed by atoms with Crippen molar-refractivity contribution in [2.75, 3.05) is 12.4 Å². The second kappa shape index (κ2) is 7.17. The average Bonchev–Trinajstić information content (AvgIpc) is 2.64. The number of ether oxygens (including phenoxy) is 1. The largest absolute Gasteiger partial charge is 0.481 e. The van der Waals surface area contributed by atoms with Gasteiger partial charge in [0.2, 0.25) is 15.9 Å². The Balaban J connectivity index is 1.95. The number of carbonyl (C=O) groups is 1. The first-order chi connectivity index (χ1) is 12.8. The van der Waals surface area contributed by atoms with Crippen molar-refractivity contribution in [1.29, 1.82) is 0 Å². The van der Waals surface area contributed by atoms with Gasteiger partial charge in [-0.2, -0.15) is 4.98 Å². The summed E-state index contributed by atoms with van der Waals surface area (Å²) in [7, 11) is -2.29. The summed E-state index contributed by atoms with van der Waals surface area (Å²) in [5.74, 6) is -0.769. The van der Waals surface area contributed by atoms with Gasteiger partial charge in [-0.25, -0.2) is 23.3 Å². The number of nitrogens with zero attached hydrogens (tertiary/aromatic N) is 2. The van der Waals surface area contributed by atoms with E-state index in [0.29, 0.717) is 22.6 Å². The lowest BCUT2D eigenvalue weighted by atomic mass is 10.1. The van der Waals surface area contributed by atoms with Gasteiger partial charge in [-0.3, -0.25) is 0 Å². The van der Waals surface area contributed by atoms with Crippen LogP contribution in [0.4, 0.5) is 5.69 Å². The summed E-state index contributed by atoms with van der Waals surface area (Å²) in [5, 5.41) is 18.1. The predicted molar refractivity (Wildman–Crippen MR) is 98.2 cm³/mol. The van der Waals surface area contributed by atoms with E-state index < -0.39 is 16.0 Å². The number of benzene rings is 1. The van der Waals surface area contributed by atoms with Gasteiger partial charge >= 0.3 is 5.97 Å². The van der Waals surface area contributed by atoms with Crippen molar-refractivity contribution in [3.8, 4) is 5.88 Å². The van der Waals surface area contributed by atoms with Crippen LogP contribution in [0.25, 0.3) is 11.0 Å². The van der Waals surface area contributed by atoms with Crippen molar-refractivity contribution < 1.29 is 23.1 Å². The van der Waals surface area contributed by atoms with E-state index in [2.05, 4.69) is 15.3 Å². The fourth-order valence-corrected chi connectivity index (χ4v) is 3.03. The highest BCUT2D eigenvalue weighted by molar-refractivity contribution is 7.89. The third-order valence-corrected chi connectivity index (χ3v) is 4.79. The molecule has 9 nitrogen and oxygen atoms in total. The molecular weight excluding hydrogens is 372 g/mol. The molecule has 0 radical (unpaired) electrons. The van der Waals surface area contributed by atoms with Crippen LogP contribution in [0.1, 0.15) is 15.9 Å². The number of methoxy groups -OCH3 is 1. The van der Waals surface area contributed by atoms with Crippen LogP contribution >= 0.6 is 0 Å². The van der Waals surface area contributed by atoms with Crippen molar-refractivity contribution >= 4 is 32.7 Å². The van der Waals surface area contributed by atoms with Crippen molar-refractivity contribution in [3.63, 3.8) is 0 Å². The third kappa shape index (κ3) is 3.96. The van der Waals surface area contributed by atoms with Crippen molar-refractivity contribution in [3.05, 3.63) is 53.7 Å². The topological polar surface area (TPSA) is 144 Å². The zero-order valence-corrected chi connectivity index (χ0v) is 15.0. The molecule has 2 aromatic heterocycles. The summed E-state index contributed by atoms with van der Waals surface area (Å²) < 4.78 is 27.7. The molecule has 0 aliphatic rings. The SMILES string of the molecule is COc1ccc2c(NCc3ccc(S(N)(=O)=O)cc3)c(C(=O)O)cnc2n1. The van der Waals surface area contributed by atoms with Crippen LogP contribution in [-0.2, 0) is 16.6 Å². The Kier molecular flexibility index (Phi) is 4.93. The lowest BCUT2D eigenvalue weighted by Gasteiger charge is -2.13. The number of carboxylic acids is 1. The molecule has 0 fully saturated rings. The van der Waals surface area contributed by atoms with Crippen LogP contribution in [-0.4, -0.2) is 36.6 Å². The number of sulfonamides is 1. The summed E-state index contributed by atoms with van der Waals surface area (Å²) in [5.41, 5.74) is 1.44. The molecule has 0 saturated heterocycles. The number of aromatic carboxylic acids is 1. The van der Waals surface area contributed by atoms with Gasteiger partial charge in [-0.15, -0.1) is 0 Å². The molecule has 2 heterocycles. The van der Waals surface area contributed by atoms with E-state index in [1.54, 1.807) is 24.3 Å². The highest BCUT2D eigenvalue weighted by Crippen LogP contribution is 2.27. The number of fused-ring (bicyclic) bond motifs is 1. The molecule has 0 aliphatic heterocycles. The molecule has 27 heavy (non-hydrogen) atoms. The van der Waals surface area contributed by atoms with Gasteiger partial charge in [0.05, 0.1) is 17.7 Å². The van der Waals surface area contributed by atoms with Crippen LogP contribution in [0, 0.1) is 0 Å². The Labute approximate surface area is 154 Å². The summed E-state index contributed by atoms with van der Waals surface area (Å²) in [4.78, 5) is 19.8. The molecule has 140 valence electrons. The van der Waals surface area contributed by atoms with Gasteiger partial charge in [0.25, 0.3) is 0 Å². The Hall–Kier alpha value is -3.24. The van der Waals surface area contributed by atoms with Gasteiger partial charge in [-0.1, -0.05) is 12.1 Å². The first-order valence-corrected chi connectivity index (χ1v) is 9.27. The lowest BCUT2D eigenvalue weighted by Crippen LogP contribution is -2.12. The molecule has 1 aromatic carbocycles. The van der Waals surface area contributed by atoms with Gasteiger partial charge in [-0.05, 0) is 23.8 Å². The summed E-state index contributed by atoms with van der Waals surface area (Å²) in [6, 6.07) is 9.26. The number of pyridine rings is 2. The number of primary sulfonamides is 1. The molecule has 0 atom stereocenters. The number of aromatic nitrogens is 2. The highest BCUT2D eigenvalue weighted by Gasteiger charge is 2.16. The van der Waals surface area contributed by atoms with Crippen LogP contribution in [0.3, 0.4) is 0 Å². The number of carboxylic acid groups (broad SMARTS) is 1. The predicted octanol–water partition coefficient (Wildman–Crippen LogP) is 1.60. The zero-order valence-electron chi connectivity index (χ0n) is 14.2. The monoisotopic (exact) mass is 388 g/mol. The molecule has 3 rings (SSSR count). The molecular formula is C17H16N4O5S. The standard InChI is InChI=1S/C17H16N4O5S/c1-26-14-7-6-12-15(13(17(22)23)9-20-16(12)21-14)19-8-10-2-4-11(5-3-10)27(18,24)25/h2-7,9H,8H2,1H3,(H,22,23)(H2,18,24,25)(H,19,20,21). The van der Waals surface area contributed by atoms with Crippen molar-refractivity contribution in [2.24, 2.45) is 5.14 Å². The number of anilines is 1. The third-order valence-electron chi connectivity index (χ3n) is 3.86. The minimum absolute atomic E-state index is 0.00290. The fraction of sp³-hybridized carbons (Fsp3) is 0.118. The number of rotatable bonds is 6. The van der Waals surface area contributed by atoms with Crippen LogP contribution in [0.5, 0.6) is 5.88 Å². The first kappa shape index (κ1) is 18.5. The van der Waals surface area contributed by atoms with Crippen molar-refractivity contribution in [1.82, 2.24) is 9.97 Å². The molecule has 3 aromatic rings. The van der Waals surface area contributed by atoms with Crippen LogP contribution in [0.2, 0.25) is 0 Å². The Morgan fingerprint density at radius 2 is 1.93 bits per heavy atom. The second-order valence-electron chi connectivity index (χ2n) is 5.62. The fourth-order valence-electron chi connectivity index (χ4n) is 2.51. The minimum Gasteiger partial charge on any atom is -0.481 e. The maximum atomic E-state index is 11.5. The van der Waals surface area contributed by atoms with E-state index in [-0.39, 0.29) is 17.0 Å². The average molecular weight is 388 g/mol.